The Morgan fingerprint density at radius 1 is 0.205 bits per heavy atom. The van der Waals surface area contributed by atoms with Gasteiger partial charge >= 0.3 is 21.7 Å². The molecule has 1 radical (unpaired) electrons. The zero-order chi connectivity index (χ0) is 88.5. The van der Waals surface area contributed by atoms with E-state index in [1.54, 1.807) is 0 Å². The standard InChI is InChI=1S/C108H147Si.C9H13.3ClH.Ti/c1-97(2,3)82-46-76(47-83(64-82)98(4,5)6)40-70-37-71(41-77-48-84(99(7,8)9)65-85(49-77)100(10,11)12)59-94(58-70)109(95-60-72(42-78-50-86(101(13,14)15)66-87(51-78)102(16,17)18)38-73(61-95)43-79-52-88(103(19,20)21)67-89(53-79)104(22,23)24)96-62-74(44-80-54-90(105(25,26)27)68-91(55-80)106(28,29)30)39-75(63-96)45-81-56-92(107(31,32)33)69-93(57-81)108(34,35)36;1-6-5-7(2)9(4)8(6)3;;;;/h37-39,46-69H,40-45H2,1-36H3;6H,1-4H3;3*1H;/q;-1;;;;+4/p-3. The molecule has 657 valence electrons. The Kier molecular flexibility index (Phi) is 34.2. The van der Waals surface area contributed by atoms with Crippen molar-refractivity contribution in [2.75, 3.05) is 0 Å². The van der Waals surface area contributed by atoms with Crippen LogP contribution in [0.25, 0.3) is 0 Å². The number of hydrogen-bond acceptors (Lipinski definition) is 0. The Morgan fingerprint density at radius 2 is 0.328 bits per heavy atom. The minimum atomic E-state index is -1.93. The minimum absolute atomic E-state index is 0. The van der Waals surface area contributed by atoms with Crippen molar-refractivity contribution < 1.29 is 58.9 Å². The molecule has 122 heavy (non-hydrogen) atoms. The van der Waals surface area contributed by atoms with Crippen LogP contribution in [0, 0.1) is 12.0 Å². The maximum absolute atomic E-state index is 3.36. The Bertz CT molecular complexity index is 4220. The molecule has 0 aromatic heterocycles. The minimum Gasteiger partial charge on any atom is -1.00 e. The van der Waals surface area contributed by atoms with E-state index in [9.17, 15) is 0 Å². The molecule has 0 saturated heterocycles. The van der Waals surface area contributed by atoms with E-state index in [1.165, 1.54) is 166 Å². The van der Waals surface area contributed by atoms with Gasteiger partial charge in [0.2, 0.25) is 0 Å². The fourth-order valence-corrected chi connectivity index (χ4v) is 19.3. The summed E-state index contributed by atoms with van der Waals surface area (Å²) >= 11 is 0. The molecule has 9 aromatic carbocycles. The molecule has 10 rings (SSSR count). The van der Waals surface area contributed by atoms with E-state index in [0.717, 1.165) is 38.5 Å². The molecule has 0 amide bonds. The molecule has 1 aliphatic rings. The summed E-state index contributed by atoms with van der Waals surface area (Å²) in [6, 6.07) is 69.6. The summed E-state index contributed by atoms with van der Waals surface area (Å²) in [7, 11) is -1.93. The first kappa shape index (κ1) is 107. The molecule has 5 heteroatoms. The van der Waals surface area contributed by atoms with Crippen molar-refractivity contribution in [2.24, 2.45) is 5.92 Å². The molecule has 0 saturated carbocycles. The van der Waals surface area contributed by atoms with Crippen LogP contribution in [0.15, 0.2) is 181 Å². The summed E-state index contributed by atoms with van der Waals surface area (Å²) in [6.07, 6.45) is 8.33. The molecule has 0 aliphatic heterocycles. The first-order valence-corrected chi connectivity index (χ1v) is 46.5. The van der Waals surface area contributed by atoms with Crippen molar-refractivity contribution in [1.82, 2.24) is 0 Å². The van der Waals surface area contributed by atoms with Gasteiger partial charge < -0.3 is 37.2 Å². The molecular weight excluding hydrogens is 1590 g/mol. The molecule has 0 N–H and O–H groups in total. The molecule has 0 fully saturated rings. The van der Waals surface area contributed by atoms with Crippen molar-refractivity contribution in [3.63, 3.8) is 0 Å². The molecule has 1 aliphatic carbocycles. The van der Waals surface area contributed by atoms with E-state index in [2.05, 4.69) is 447 Å². The summed E-state index contributed by atoms with van der Waals surface area (Å²) in [6.45, 7) is 94.6. The topological polar surface area (TPSA) is 0 Å². The van der Waals surface area contributed by atoms with Gasteiger partial charge in [-0.05, 0) is 237 Å². The maximum atomic E-state index is 3.36. The molecule has 0 bridgehead atoms. The van der Waals surface area contributed by atoms with Crippen LogP contribution in [0.2, 0.25) is 0 Å². The smallest absolute Gasteiger partial charge is 1.00 e. The maximum Gasteiger partial charge on any atom is 4.00 e. The van der Waals surface area contributed by atoms with Gasteiger partial charge in [-0.2, -0.15) is 11.1 Å². The average molecular weight is 1750 g/mol. The SMILES string of the molecule is CC(C)(C)c1cc(Cc2cc(Cc3cc(C(C)(C)C)cc(C(C)(C)C)c3)cc([Si](c3cc(Cc4cc(C(C)(C)C)cc(C(C)(C)C)c4)cc(Cc4cc(C(C)(C)C)cc(C(C)(C)C)c4)c3)c3cc(Cc4cc(C(C)(C)C)cc(C(C)(C)C)c4)cc(Cc4cc(C(C)(C)C)cc(C(C)(C)C)c4)c3)c2)cc(C(C)(C)C)c1.CC1=[C-]C(C)C(C)=C1C.[Cl-].[Cl-].[Cl-].[Ti+4]. The van der Waals surface area contributed by atoms with E-state index < -0.39 is 8.80 Å². The molecule has 0 spiro atoms. The largest absolute Gasteiger partial charge is 4.00 e. The summed E-state index contributed by atoms with van der Waals surface area (Å²) in [4.78, 5) is 0. The third kappa shape index (κ3) is 28.6. The van der Waals surface area contributed by atoms with Crippen molar-refractivity contribution in [1.29, 1.82) is 0 Å². The second kappa shape index (κ2) is 39.1. The van der Waals surface area contributed by atoms with Crippen molar-refractivity contribution >= 4 is 24.4 Å². The van der Waals surface area contributed by atoms with Gasteiger partial charge in [-0.25, -0.2) is 5.57 Å². The van der Waals surface area contributed by atoms with Crippen LogP contribution in [0.5, 0.6) is 0 Å². The Morgan fingerprint density at radius 3 is 0.418 bits per heavy atom. The summed E-state index contributed by atoms with van der Waals surface area (Å²) in [5.41, 5.74) is 37.3. The Labute approximate surface area is 783 Å². The molecule has 9 aromatic rings. The fraction of sp³-hybridized carbons (Fsp3) is 0.504. The normalized spacial score (nSPS) is 14.2. The first-order chi connectivity index (χ1) is 53.5. The second-order valence-electron chi connectivity index (χ2n) is 48.9. The Hall–Kier alpha value is -5.74. The van der Waals surface area contributed by atoms with E-state index in [-0.39, 0.29) is 124 Å². The van der Waals surface area contributed by atoms with E-state index in [1.807, 2.05) is 0 Å². The van der Waals surface area contributed by atoms with E-state index >= 15 is 0 Å². The number of hydrogen-bond donors (Lipinski definition) is 0. The van der Waals surface area contributed by atoms with Crippen LogP contribution in [0.3, 0.4) is 0 Å². The van der Waals surface area contributed by atoms with Gasteiger partial charge in [0.1, 0.15) is 0 Å². The first-order valence-electron chi connectivity index (χ1n) is 45.0. The summed E-state index contributed by atoms with van der Waals surface area (Å²) in [5.74, 6) is 0.560. The third-order valence-corrected chi connectivity index (χ3v) is 27.7. The van der Waals surface area contributed by atoms with Crippen LogP contribution in [-0.4, -0.2) is 8.80 Å². The molecule has 1 atom stereocenters. The number of halogens is 3. The predicted octanol–water partition coefficient (Wildman–Crippen LogP) is 21.0. The average Bonchev–Trinajstić information content (AvgIpc) is 0.909. The van der Waals surface area contributed by atoms with Crippen molar-refractivity contribution in [2.45, 2.75) is 380 Å². The monoisotopic (exact) mass is 1750 g/mol. The quantitative estimate of drug-likeness (QED) is 0.0545. The van der Waals surface area contributed by atoms with Gasteiger partial charge in [0.25, 0.3) is 0 Å². The van der Waals surface area contributed by atoms with E-state index in [0.29, 0.717) is 5.92 Å². The number of rotatable bonds is 15. The number of benzene rings is 9. The number of allylic oxidation sites excluding steroid dienone is 4. The molecule has 1 unspecified atom stereocenters. The van der Waals surface area contributed by atoms with Crippen LogP contribution in [0.1, 0.15) is 410 Å². The zero-order valence-electron chi connectivity index (χ0n) is 84.0. The van der Waals surface area contributed by atoms with Crippen LogP contribution in [0.4, 0.5) is 0 Å². The predicted molar refractivity (Wildman–Crippen MR) is 524 cm³/mol. The van der Waals surface area contributed by atoms with Crippen molar-refractivity contribution in [3.8, 4) is 0 Å². The van der Waals surface area contributed by atoms with Crippen LogP contribution in [-0.2, 0) is 125 Å². The zero-order valence-corrected chi connectivity index (χ0v) is 88.9. The molecule has 0 heterocycles. The van der Waals surface area contributed by atoms with Crippen molar-refractivity contribution in [3.05, 3.63) is 320 Å². The summed E-state index contributed by atoms with van der Waals surface area (Å²) < 4.78 is 0. The van der Waals surface area contributed by atoms with Gasteiger partial charge in [-0.3, -0.25) is 6.08 Å². The van der Waals surface area contributed by atoms with Gasteiger partial charge in [0.05, 0.1) is 0 Å². The van der Waals surface area contributed by atoms with Gasteiger partial charge in [0, 0.05) is 0 Å². The summed E-state index contributed by atoms with van der Waals surface area (Å²) in [5, 5.41) is 4.33. The fourth-order valence-electron chi connectivity index (χ4n) is 16.4. The molecule has 0 nitrogen and oxygen atoms in total. The molecular formula is C117H160Cl3SiTi. The van der Waals surface area contributed by atoms with Gasteiger partial charge in [-0.15, -0.1) is 6.92 Å². The third-order valence-electron chi connectivity index (χ3n) is 25.1. The van der Waals surface area contributed by atoms with Gasteiger partial charge in [-0.1, -0.05) is 455 Å². The Balaban J connectivity index is 0.00000191. The van der Waals surface area contributed by atoms with Crippen LogP contribution >= 0.6 is 0 Å². The van der Waals surface area contributed by atoms with Gasteiger partial charge in [0.15, 0.2) is 8.80 Å². The second-order valence-corrected chi connectivity index (χ2v) is 51.3. The van der Waals surface area contributed by atoms with E-state index in [4.69, 9.17) is 0 Å². The van der Waals surface area contributed by atoms with Crippen LogP contribution < -0.4 is 52.8 Å².